The van der Waals surface area contributed by atoms with Crippen LogP contribution in [0.5, 0.6) is 0 Å². The van der Waals surface area contributed by atoms with Crippen LogP contribution in [-0.4, -0.2) is 19.6 Å². The molecule has 1 aromatic carbocycles. The molecule has 0 spiro atoms. The van der Waals surface area contributed by atoms with Gasteiger partial charge in [-0.3, -0.25) is 4.99 Å². The lowest BCUT2D eigenvalue weighted by Crippen LogP contribution is -1.94. The lowest BCUT2D eigenvalue weighted by molar-refractivity contribution is 1.39. The molecule has 56 valence electrons. The molecule has 0 N–H and O–H groups in total. The van der Waals surface area contributed by atoms with Gasteiger partial charge >= 0.3 is 0 Å². The molecule has 11 heavy (non-hydrogen) atoms. The smallest absolute Gasteiger partial charge is 0.153 e. The molecule has 2 nitrogen and oxygen atoms in total. The van der Waals surface area contributed by atoms with E-state index in [4.69, 9.17) is 0 Å². The second-order valence-electron chi connectivity index (χ2n) is 2.07. The van der Waals surface area contributed by atoms with Crippen LogP contribution >= 0.6 is 0 Å². The predicted octanol–water partition coefficient (Wildman–Crippen LogP) is 1.76. The Hall–Kier alpha value is -1.44. The Balaban J connectivity index is 3.01. The summed E-state index contributed by atoms with van der Waals surface area (Å²) in [5.74, 6) is 0.686. The Bertz CT molecular complexity index is 262. The van der Waals surface area contributed by atoms with Crippen molar-refractivity contribution in [3.63, 3.8) is 0 Å². The molecule has 1 aromatic rings. The second kappa shape index (κ2) is 3.66. The molecule has 0 radical (unpaired) electrons. The van der Waals surface area contributed by atoms with Crippen LogP contribution in [0.1, 0.15) is 5.56 Å². The maximum atomic E-state index is 3.96. The van der Waals surface area contributed by atoms with Crippen LogP contribution in [0.3, 0.4) is 0 Å². The Morgan fingerprint density at radius 2 is 1.91 bits per heavy atom. The summed E-state index contributed by atoms with van der Waals surface area (Å²) < 4.78 is 0. The Morgan fingerprint density at radius 3 is 2.36 bits per heavy atom. The minimum Gasteiger partial charge on any atom is -0.270 e. The minimum absolute atomic E-state index is 0.686. The van der Waals surface area contributed by atoms with Gasteiger partial charge in [0, 0.05) is 12.6 Å². The summed E-state index contributed by atoms with van der Waals surface area (Å²) >= 11 is 0. The Kier molecular flexibility index (Phi) is 2.55. The topological polar surface area (TPSA) is 24.7 Å². The molecule has 0 aliphatic carbocycles. The largest absolute Gasteiger partial charge is 0.270 e. The molecule has 2 heteroatoms. The van der Waals surface area contributed by atoms with Gasteiger partial charge < -0.3 is 0 Å². The predicted molar refractivity (Wildman–Crippen MR) is 48.5 cm³/mol. The molecule has 0 aliphatic rings. The average molecular weight is 146 g/mol. The fourth-order valence-corrected chi connectivity index (χ4v) is 0.878. The van der Waals surface area contributed by atoms with Crippen LogP contribution in [0.4, 0.5) is 0 Å². The Labute approximate surface area is 66.3 Å². The van der Waals surface area contributed by atoms with E-state index in [2.05, 4.69) is 16.7 Å². The quantitative estimate of drug-likeness (QED) is 0.426. The maximum absolute atomic E-state index is 3.96. The van der Waals surface area contributed by atoms with E-state index in [0.29, 0.717) is 5.84 Å². The van der Waals surface area contributed by atoms with Crippen molar-refractivity contribution in [2.24, 2.45) is 9.98 Å². The Morgan fingerprint density at radius 1 is 1.27 bits per heavy atom. The van der Waals surface area contributed by atoms with Gasteiger partial charge in [-0.2, -0.15) is 0 Å². The van der Waals surface area contributed by atoms with E-state index >= 15 is 0 Å². The van der Waals surface area contributed by atoms with Crippen LogP contribution in [-0.2, 0) is 0 Å². The molecular weight excluding hydrogens is 136 g/mol. The fraction of sp³-hybridized carbons (Fsp3) is 0.111. The summed E-state index contributed by atoms with van der Waals surface area (Å²) in [6, 6.07) is 9.77. The molecule has 0 saturated carbocycles. The maximum Gasteiger partial charge on any atom is 0.153 e. The average Bonchev–Trinajstić information content (AvgIpc) is 2.09. The summed E-state index contributed by atoms with van der Waals surface area (Å²) in [6.45, 7) is 3.43. The van der Waals surface area contributed by atoms with Gasteiger partial charge in [0.2, 0.25) is 0 Å². The molecular formula is C9H10N2. The first-order valence-electron chi connectivity index (χ1n) is 3.37. The standard InChI is InChI=1S/C9H10N2/c1-10-9(11-2)8-6-4-3-5-7-8/h3-7H,1H2,2H3. The lowest BCUT2D eigenvalue weighted by atomic mass is 10.2. The van der Waals surface area contributed by atoms with E-state index in [-0.39, 0.29) is 0 Å². The summed E-state index contributed by atoms with van der Waals surface area (Å²) in [5, 5.41) is 0. The highest BCUT2D eigenvalue weighted by molar-refractivity contribution is 6.01. The van der Waals surface area contributed by atoms with Crippen LogP contribution < -0.4 is 0 Å². The van der Waals surface area contributed by atoms with E-state index in [1.807, 2.05) is 30.3 Å². The van der Waals surface area contributed by atoms with Crippen LogP contribution in [0.25, 0.3) is 0 Å². The lowest BCUT2D eigenvalue weighted by Gasteiger charge is -1.96. The van der Waals surface area contributed by atoms with Gasteiger partial charge in [-0.1, -0.05) is 30.3 Å². The third-order valence-corrected chi connectivity index (χ3v) is 1.39. The molecule has 0 atom stereocenters. The molecule has 0 saturated heterocycles. The zero-order valence-electron chi connectivity index (χ0n) is 6.49. The minimum atomic E-state index is 0.686. The second-order valence-corrected chi connectivity index (χ2v) is 2.07. The van der Waals surface area contributed by atoms with Crippen molar-refractivity contribution in [3.8, 4) is 0 Å². The number of aliphatic imine (C=N–C) groups is 2. The summed E-state index contributed by atoms with van der Waals surface area (Å²) in [6.07, 6.45) is 0. The highest BCUT2D eigenvalue weighted by Gasteiger charge is 1.95. The third-order valence-electron chi connectivity index (χ3n) is 1.39. The van der Waals surface area contributed by atoms with Crippen LogP contribution in [0, 0.1) is 0 Å². The van der Waals surface area contributed by atoms with Gasteiger partial charge in [0.15, 0.2) is 5.84 Å². The highest BCUT2D eigenvalue weighted by atomic mass is 14.9. The van der Waals surface area contributed by atoms with Crippen molar-refractivity contribution in [1.29, 1.82) is 0 Å². The van der Waals surface area contributed by atoms with E-state index in [1.54, 1.807) is 7.05 Å². The number of benzene rings is 1. The van der Waals surface area contributed by atoms with Crippen LogP contribution in [0.2, 0.25) is 0 Å². The van der Waals surface area contributed by atoms with Gasteiger partial charge in [-0.25, -0.2) is 4.99 Å². The SMILES string of the molecule is C=NC(=NC)c1ccccc1. The monoisotopic (exact) mass is 146 g/mol. The van der Waals surface area contributed by atoms with E-state index < -0.39 is 0 Å². The molecule has 0 bridgehead atoms. The van der Waals surface area contributed by atoms with Crippen molar-refractivity contribution in [3.05, 3.63) is 35.9 Å². The van der Waals surface area contributed by atoms with Crippen molar-refractivity contribution >= 4 is 12.6 Å². The van der Waals surface area contributed by atoms with E-state index in [1.165, 1.54) is 0 Å². The molecule has 0 fully saturated rings. The first kappa shape index (κ1) is 7.66. The van der Waals surface area contributed by atoms with E-state index in [0.717, 1.165) is 5.56 Å². The van der Waals surface area contributed by atoms with Gasteiger partial charge in [-0.05, 0) is 6.72 Å². The third kappa shape index (κ3) is 1.74. The molecule has 0 aromatic heterocycles. The summed E-state index contributed by atoms with van der Waals surface area (Å²) in [4.78, 5) is 7.74. The number of hydrogen-bond acceptors (Lipinski definition) is 1. The van der Waals surface area contributed by atoms with Crippen molar-refractivity contribution in [1.82, 2.24) is 0 Å². The zero-order valence-corrected chi connectivity index (χ0v) is 6.49. The number of rotatable bonds is 1. The summed E-state index contributed by atoms with van der Waals surface area (Å²) in [7, 11) is 1.71. The first-order chi connectivity index (χ1) is 5.38. The highest BCUT2D eigenvalue weighted by Crippen LogP contribution is 2.00. The van der Waals surface area contributed by atoms with Crippen LogP contribution in [0.15, 0.2) is 40.3 Å². The normalized spacial score (nSPS) is 11.2. The molecule has 0 aliphatic heterocycles. The van der Waals surface area contributed by atoms with Gasteiger partial charge in [0.25, 0.3) is 0 Å². The van der Waals surface area contributed by atoms with Crippen molar-refractivity contribution < 1.29 is 0 Å². The fourth-order valence-electron chi connectivity index (χ4n) is 0.878. The van der Waals surface area contributed by atoms with Crippen molar-refractivity contribution in [2.45, 2.75) is 0 Å². The number of nitrogens with zero attached hydrogens (tertiary/aromatic N) is 2. The number of hydrogen-bond donors (Lipinski definition) is 0. The summed E-state index contributed by atoms with van der Waals surface area (Å²) in [5.41, 5.74) is 1.00. The van der Waals surface area contributed by atoms with Gasteiger partial charge in [-0.15, -0.1) is 0 Å². The zero-order chi connectivity index (χ0) is 8.10. The van der Waals surface area contributed by atoms with Gasteiger partial charge in [0.05, 0.1) is 0 Å². The van der Waals surface area contributed by atoms with E-state index in [9.17, 15) is 0 Å². The molecule has 0 unspecified atom stereocenters. The number of amidine groups is 1. The molecule has 0 amide bonds. The van der Waals surface area contributed by atoms with Gasteiger partial charge in [0.1, 0.15) is 0 Å². The molecule has 1 rings (SSSR count). The molecule has 0 heterocycles. The first-order valence-corrected chi connectivity index (χ1v) is 3.37. The van der Waals surface area contributed by atoms with Crippen molar-refractivity contribution in [2.75, 3.05) is 7.05 Å².